The number of aryl methyl sites for hydroxylation is 1. The van der Waals surface area contributed by atoms with Crippen molar-refractivity contribution in [1.29, 1.82) is 0 Å². The van der Waals surface area contributed by atoms with Crippen LogP contribution in [0.2, 0.25) is 0 Å². The molecule has 0 bridgehead atoms. The predicted molar refractivity (Wildman–Crippen MR) is 58.4 cm³/mol. The maximum absolute atomic E-state index is 5.43. The third-order valence-corrected chi connectivity index (χ3v) is 2.41. The van der Waals surface area contributed by atoms with Crippen LogP contribution in [-0.4, -0.2) is 4.98 Å². The Morgan fingerprint density at radius 3 is 2.80 bits per heavy atom. The third kappa shape index (κ3) is 2.25. The first-order chi connectivity index (χ1) is 7.29. The first kappa shape index (κ1) is 9.93. The van der Waals surface area contributed by atoms with E-state index in [9.17, 15) is 0 Å². The summed E-state index contributed by atoms with van der Waals surface area (Å²) in [5.41, 5.74) is 8.91. The number of oxazole rings is 1. The number of aromatic nitrogens is 1. The Bertz CT molecular complexity index is 448. The quantitative estimate of drug-likeness (QED) is 0.828. The van der Waals surface area contributed by atoms with Crippen LogP contribution in [0.5, 0.6) is 0 Å². The molecule has 0 unspecified atom stereocenters. The zero-order valence-electron chi connectivity index (χ0n) is 8.73. The highest BCUT2D eigenvalue weighted by atomic mass is 16.3. The highest BCUT2D eigenvalue weighted by Gasteiger charge is 2.04. The molecule has 3 nitrogen and oxygen atoms in total. The van der Waals surface area contributed by atoms with Gasteiger partial charge in [-0.25, -0.2) is 4.98 Å². The summed E-state index contributed by atoms with van der Waals surface area (Å²) in [6.45, 7) is 2.45. The lowest BCUT2D eigenvalue weighted by Crippen LogP contribution is -1.97. The SMILES string of the molecule is Cc1ccccc1Cc1coc(CN)n1. The normalized spacial score (nSPS) is 10.5. The first-order valence-corrected chi connectivity index (χ1v) is 4.97. The molecule has 2 N–H and O–H groups in total. The summed E-state index contributed by atoms with van der Waals surface area (Å²) in [5, 5.41) is 0. The maximum Gasteiger partial charge on any atom is 0.207 e. The van der Waals surface area contributed by atoms with Crippen molar-refractivity contribution < 1.29 is 4.42 Å². The Hall–Kier alpha value is -1.61. The number of hydrogen-bond acceptors (Lipinski definition) is 3. The van der Waals surface area contributed by atoms with Crippen LogP contribution in [0.3, 0.4) is 0 Å². The molecule has 1 heterocycles. The Morgan fingerprint density at radius 2 is 2.13 bits per heavy atom. The van der Waals surface area contributed by atoms with Gasteiger partial charge in [0, 0.05) is 6.42 Å². The van der Waals surface area contributed by atoms with E-state index in [0.717, 1.165) is 12.1 Å². The molecule has 0 atom stereocenters. The molecule has 15 heavy (non-hydrogen) atoms. The van der Waals surface area contributed by atoms with Gasteiger partial charge in [0.15, 0.2) is 0 Å². The van der Waals surface area contributed by atoms with Gasteiger partial charge in [0.2, 0.25) is 5.89 Å². The van der Waals surface area contributed by atoms with Crippen molar-refractivity contribution in [2.24, 2.45) is 5.73 Å². The van der Waals surface area contributed by atoms with E-state index in [-0.39, 0.29) is 0 Å². The molecule has 0 saturated heterocycles. The molecule has 1 aromatic heterocycles. The zero-order valence-corrected chi connectivity index (χ0v) is 8.73. The molecular weight excluding hydrogens is 188 g/mol. The fourth-order valence-electron chi connectivity index (χ4n) is 1.53. The van der Waals surface area contributed by atoms with E-state index in [1.807, 2.05) is 12.1 Å². The fourth-order valence-corrected chi connectivity index (χ4v) is 1.53. The molecule has 0 spiro atoms. The Morgan fingerprint density at radius 1 is 1.33 bits per heavy atom. The lowest BCUT2D eigenvalue weighted by Gasteiger charge is -2.01. The van der Waals surface area contributed by atoms with Crippen molar-refractivity contribution in [2.75, 3.05) is 0 Å². The minimum atomic E-state index is 0.355. The van der Waals surface area contributed by atoms with Crippen LogP contribution in [0.25, 0.3) is 0 Å². The van der Waals surface area contributed by atoms with Crippen molar-refractivity contribution >= 4 is 0 Å². The lowest BCUT2D eigenvalue weighted by atomic mass is 10.0. The molecule has 2 aromatic rings. The summed E-state index contributed by atoms with van der Waals surface area (Å²) in [6, 6.07) is 8.27. The molecule has 0 radical (unpaired) electrons. The first-order valence-electron chi connectivity index (χ1n) is 4.97. The molecule has 0 amide bonds. The summed E-state index contributed by atoms with van der Waals surface area (Å²) in [5.74, 6) is 0.596. The van der Waals surface area contributed by atoms with Crippen molar-refractivity contribution in [2.45, 2.75) is 19.9 Å². The van der Waals surface area contributed by atoms with E-state index in [1.165, 1.54) is 11.1 Å². The van der Waals surface area contributed by atoms with Crippen LogP contribution in [0, 0.1) is 6.92 Å². The topological polar surface area (TPSA) is 52.0 Å². The number of nitrogens with zero attached hydrogens (tertiary/aromatic N) is 1. The molecule has 2 rings (SSSR count). The van der Waals surface area contributed by atoms with Crippen molar-refractivity contribution in [3.8, 4) is 0 Å². The van der Waals surface area contributed by atoms with Gasteiger partial charge in [-0.2, -0.15) is 0 Å². The van der Waals surface area contributed by atoms with Crippen LogP contribution in [-0.2, 0) is 13.0 Å². The molecule has 0 aliphatic heterocycles. The van der Waals surface area contributed by atoms with Gasteiger partial charge in [-0.3, -0.25) is 0 Å². The summed E-state index contributed by atoms with van der Waals surface area (Å²) in [4.78, 5) is 4.27. The van der Waals surface area contributed by atoms with Crippen molar-refractivity contribution in [3.05, 3.63) is 53.2 Å². The Kier molecular flexibility index (Phi) is 2.83. The van der Waals surface area contributed by atoms with Crippen LogP contribution < -0.4 is 5.73 Å². The van der Waals surface area contributed by atoms with Crippen molar-refractivity contribution in [3.63, 3.8) is 0 Å². The van der Waals surface area contributed by atoms with E-state index >= 15 is 0 Å². The molecule has 0 aliphatic carbocycles. The van der Waals surface area contributed by atoms with Gasteiger partial charge < -0.3 is 10.2 Å². The maximum atomic E-state index is 5.43. The molecule has 0 aliphatic rings. The summed E-state index contributed by atoms with van der Waals surface area (Å²) < 4.78 is 5.19. The van der Waals surface area contributed by atoms with Gasteiger partial charge in [0.25, 0.3) is 0 Å². The second-order valence-electron chi connectivity index (χ2n) is 3.54. The van der Waals surface area contributed by atoms with Gasteiger partial charge in [-0.05, 0) is 18.1 Å². The van der Waals surface area contributed by atoms with Gasteiger partial charge in [-0.1, -0.05) is 24.3 Å². The largest absolute Gasteiger partial charge is 0.447 e. The van der Waals surface area contributed by atoms with Gasteiger partial charge >= 0.3 is 0 Å². The second kappa shape index (κ2) is 4.28. The molecule has 0 fully saturated rings. The fraction of sp³-hybridized carbons (Fsp3) is 0.250. The molecule has 78 valence electrons. The van der Waals surface area contributed by atoms with Crippen molar-refractivity contribution in [1.82, 2.24) is 4.98 Å². The Balaban J connectivity index is 2.18. The summed E-state index contributed by atoms with van der Waals surface area (Å²) in [7, 11) is 0. The van der Waals surface area contributed by atoms with E-state index in [1.54, 1.807) is 6.26 Å². The van der Waals surface area contributed by atoms with Gasteiger partial charge in [-0.15, -0.1) is 0 Å². The molecule has 1 aromatic carbocycles. The zero-order chi connectivity index (χ0) is 10.7. The molecular formula is C12H14N2O. The average Bonchev–Trinajstić information content (AvgIpc) is 2.69. The van der Waals surface area contributed by atoms with Crippen LogP contribution in [0.4, 0.5) is 0 Å². The lowest BCUT2D eigenvalue weighted by molar-refractivity contribution is 0.497. The second-order valence-corrected chi connectivity index (χ2v) is 3.54. The van der Waals surface area contributed by atoms with E-state index in [2.05, 4.69) is 24.0 Å². The number of nitrogens with two attached hydrogens (primary N) is 1. The van der Waals surface area contributed by atoms with E-state index < -0.39 is 0 Å². The molecule has 3 heteroatoms. The van der Waals surface area contributed by atoms with Crippen LogP contribution >= 0.6 is 0 Å². The van der Waals surface area contributed by atoms with Gasteiger partial charge in [0.1, 0.15) is 6.26 Å². The number of hydrogen-bond donors (Lipinski definition) is 1. The van der Waals surface area contributed by atoms with Crippen LogP contribution in [0.1, 0.15) is 22.7 Å². The highest BCUT2D eigenvalue weighted by Crippen LogP contribution is 2.13. The monoisotopic (exact) mass is 202 g/mol. The minimum Gasteiger partial charge on any atom is -0.447 e. The number of benzene rings is 1. The summed E-state index contributed by atoms with van der Waals surface area (Å²) >= 11 is 0. The van der Waals surface area contributed by atoms with E-state index in [4.69, 9.17) is 10.2 Å². The van der Waals surface area contributed by atoms with Gasteiger partial charge in [0.05, 0.1) is 12.2 Å². The highest BCUT2D eigenvalue weighted by molar-refractivity contribution is 5.28. The smallest absolute Gasteiger partial charge is 0.207 e. The Labute approximate surface area is 88.9 Å². The van der Waals surface area contributed by atoms with E-state index in [0.29, 0.717) is 12.4 Å². The third-order valence-electron chi connectivity index (χ3n) is 2.41. The minimum absolute atomic E-state index is 0.355. The molecule has 0 saturated carbocycles. The van der Waals surface area contributed by atoms with Crippen LogP contribution in [0.15, 0.2) is 34.9 Å². The summed E-state index contributed by atoms with van der Waals surface area (Å²) in [6.07, 6.45) is 2.48. The standard InChI is InChI=1S/C12H14N2O/c1-9-4-2-3-5-10(9)6-11-8-15-12(7-13)14-11/h2-5,8H,6-7,13H2,1H3. The predicted octanol–water partition coefficient (Wildman–Crippen LogP) is 2.03. The average molecular weight is 202 g/mol. The number of rotatable bonds is 3.